The molecule has 6 heteroatoms. The van der Waals surface area contributed by atoms with Crippen LogP contribution in [0.5, 0.6) is 23.0 Å². The summed E-state index contributed by atoms with van der Waals surface area (Å²) < 4.78 is 26.4. The Hall–Kier alpha value is -5.66. The van der Waals surface area contributed by atoms with Gasteiger partial charge in [-0.3, -0.25) is 0 Å². The van der Waals surface area contributed by atoms with Crippen LogP contribution in [0, 0.1) is 0 Å². The second kappa shape index (κ2) is 14.0. The zero-order valence-corrected chi connectivity index (χ0v) is 33.8. The summed E-state index contributed by atoms with van der Waals surface area (Å²) >= 11 is 0. The first-order valence-corrected chi connectivity index (χ1v) is 23.1. The van der Waals surface area contributed by atoms with E-state index in [1.54, 1.807) is 0 Å². The highest BCUT2D eigenvalue weighted by molar-refractivity contribution is 7.81. The van der Waals surface area contributed by atoms with Gasteiger partial charge in [-0.05, 0) is 81.4 Å². The molecule has 4 aliphatic heterocycles. The molecule has 4 aliphatic rings. The molecule has 0 N–H and O–H groups in total. The molecule has 0 bridgehead atoms. The molecule has 4 nitrogen and oxygen atoms in total. The topological polar surface area (TPSA) is 36.9 Å². The lowest BCUT2D eigenvalue weighted by atomic mass is 9.93. The number of rotatable bonds is 7. The minimum Gasteiger partial charge on any atom is -0.492 e. The largest absolute Gasteiger partial charge is 0.492 e. The molecule has 0 saturated heterocycles. The van der Waals surface area contributed by atoms with E-state index < -0.39 is 15.8 Å². The van der Waals surface area contributed by atoms with Crippen LogP contribution in [0.4, 0.5) is 0 Å². The van der Waals surface area contributed by atoms with Crippen molar-refractivity contribution in [3.63, 3.8) is 0 Å². The molecule has 12 rings (SSSR count). The monoisotopic (exact) mass is 790 g/mol. The fraction of sp³-hybridized carbons (Fsp3) is 0.154. The van der Waals surface area contributed by atoms with Gasteiger partial charge in [0.15, 0.2) is 0 Å². The summed E-state index contributed by atoms with van der Waals surface area (Å²) in [6.45, 7) is 2.81. The van der Waals surface area contributed by atoms with Crippen molar-refractivity contribution in [1.82, 2.24) is 0 Å². The summed E-state index contributed by atoms with van der Waals surface area (Å²) in [6.07, 6.45) is 3.69. The van der Waals surface area contributed by atoms with Crippen LogP contribution in [0.2, 0.25) is 0 Å². The molecular formula is C52H40O4P2. The molecule has 4 heterocycles. The summed E-state index contributed by atoms with van der Waals surface area (Å²) in [5, 5.41) is 12.5. The van der Waals surface area contributed by atoms with Gasteiger partial charge in [-0.25, -0.2) is 0 Å². The maximum atomic E-state index is 6.59. The molecule has 282 valence electrons. The van der Waals surface area contributed by atoms with Gasteiger partial charge in [-0.2, -0.15) is 0 Å². The molecule has 0 aromatic heterocycles. The highest BCUT2D eigenvalue weighted by atomic mass is 31.1. The zero-order chi connectivity index (χ0) is 38.2. The van der Waals surface area contributed by atoms with Crippen LogP contribution in [0.15, 0.2) is 146 Å². The van der Waals surface area contributed by atoms with Gasteiger partial charge in [-0.1, -0.05) is 146 Å². The maximum Gasteiger partial charge on any atom is 0.130 e. The highest BCUT2D eigenvalue weighted by Crippen LogP contribution is 2.51. The van der Waals surface area contributed by atoms with E-state index in [-0.39, 0.29) is 0 Å². The van der Waals surface area contributed by atoms with Crippen LogP contribution in [0.25, 0.3) is 32.7 Å². The van der Waals surface area contributed by atoms with Gasteiger partial charge in [0.05, 0.1) is 26.4 Å². The molecule has 0 atom stereocenters. The molecule has 0 fully saturated rings. The summed E-state index contributed by atoms with van der Waals surface area (Å²) in [5.41, 5.74) is 7.68. The number of para-hydroxylation sites is 4. The third-order valence-corrected chi connectivity index (χ3v) is 17.3. The Balaban J connectivity index is 1.23. The number of hydrogen-bond acceptors (Lipinski definition) is 4. The molecule has 0 spiro atoms. The van der Waals surface area contributed by atoms with E-state index in [0.717, 1.165) is 48.7 Å². The molecule has 8 aromatic carbocycles. The molecule has 8 aromatic rings. The van der Waals surface area contributed by atoms with Crippen molar-refractivity contribution in [3.05, 3.63) is 168 Å². The Morgan fingerprint density at radius 3 is 0.966 bits per heavy atom. The number of fused-ring (bicyclic) bond motifs is 6. The van der Waals surface area contributed by atoms with Crippen LogP contribution in [0.3, 0.4) is 0 Å². The highest BCUT2D eigenvalue weighted by Gasteiger charge is 2.36. The van der Waals surface area contributed by atoms with E-state index in [1.165, 1.54) is 86.8 Å². The SMILES string of the molecule is c1cc2c(c(P(c3cccc4c3OCC4)c3ccc4ccccc4c3-c3c(P(c4cccc5c4OCC5)c4cccc5c4OCC5)ccc4ccccc34)c1)OCC2. The maximum absolute atomic E-state index is 6.59. The number of hydrogen-bond donors (Lipinski definition) is 0. The van der Waals surface area contributed by atoms with E-state index in [9.17, 15) is 0 Å². The number of benzene rings is 8. The fourth-order valence-electron chi connectivity index (χ4n) is 9.69. The average molecular weight is 791 g/mol. The predicted molar refractivity (Wildman–Crippen MR) is 241 cm³/mol. The molecular weight excluding hydrogens is 751 g/mol. The minimum absolute atomic E-state index is 0.703. The molecule has 0 saturated carbocycles. The quantitative estimate of drug-likeness (QED) is 0.151. The Kier molecular flexibility index (Phi) is 8.31. The molecule has 0 radical (unpaired) electrons. The Bertz CT molecular complexity index is 2640. The first-order valence-electron chi connectivity index (χ1n) is 20.4. The molecule has 0 unspecified atom stereocenters. The lowest BCUT2D eigenvalue weighted by molar-refractivity contribution is 0.358. The van der Waals surface area contributed by atoms with Crippen LogP contribution in [-0.2, 0) is 25.7 Å². The first-order chi connectivity index (χ1) is 28.8. The third-order valence-electron chi connectivity index (χ3n) is 12.3. The average Bonchev–Trinajstić information content (AvgIpc) is 4.12. The van der Waals surface area contributed by atoms with Gasteiger partial charge in [0.2, 0.25) is 0 Å². The van der Waals surface area contributed by atoms with Crippen molar-refractivity contribution in [2.45, 2.75) is 25.7 Å². The summed E-state index contributed by atoms with van der Waals surface area (Å²) in [5.74, 6) is 4.16. The Morgan fingerprint density at radius 1 is 0.293 bits per heavy atom. The molecule has 0 aliphatic carbocycles. The lowest BCUT2D eigenvalue weighted by Crippen LogP contribution is -2.28. The predicted octanol–water partition coefficient (Wildman–Crippen LogP) is 8.92. The lowest BCUT2D eigenvalue weighted by Gasteiger charge is -2.30. The Morgan fingerprint density at radius 2 is 0.621 bits per heavy atom. The van der Waals surface area contributed by atoms with Gasteiger partial charge in [0.25, 0.3) is 0 Å². The fourth-order valence-corrected chi connectivity index (χ4v) is 15.2. The van der Waals surface area contributed by atoms with Gasteiger partial charge < -0.3 is 18.9 Å². The van der Waals surface area contributed by atoms with Crippen molar-refractivity contribution in [2.75, 3.05) is 26.4 Å². The third kappa shape index (κ3) is 5.42. The second-order valence-electron chi connectivity index (χ2n) is 15.5. The van der Waals surface area contributed by atoms with Crippen LogP contribution in [-0.4, -0.2) is 26.4 Å². The number of ether oxygens (including phenoxy) is 4. The van der Waals surface area contributed by atoms with Gasteiger partial charge in [-0.15, -0.1) is 0 Å². The van der Waals surface area contributed by atoms with Crippen LogP contribution in [0.1, 0.15) is 22.3 Å². The zero-order valence-electron chi connectivity index (χ0n) is 32.0. The van der Waals surface area contributed by atoms with Gasteiger partial charge in [0.1, 0.15) is 23.0 Å². The van der Waals surface area contributed by atoms with E-state index in [0.29, 0.717) is 26.4 Å². The molecule has 58 heavy (non-hydrogen) atoms. The van der Waals surface area contributed by atoms with Gasteiger partial charge >= 0.3 is 0 Å². The first kappa shape index (κ1) is 34.4. The van der Waals surface area contributed by atoms with E-state index in [4.69, 9.17) is 18.9 Å². The van der Waals surface area contributed by atoms with Crippen molar-refractivity contribution < 1.29 is 18.9 Å². The second-order valence-corrected chi connectivity index (χ2v) is 19.7. The van der Waals surface area contributed by atoms with E-state index in [2.05, 4.69) is 146 Å². The normalized spacial score (nSPS) is 14.9. The summed E-state index contributed by atoms with van der Waals surface area (Å²) in [7, 11) is -2.33. The summed E-state index contributed by atoms with van der Waals surface area (Å²) in [6, 6.07) is 54.6. The van der Waals surface area contributed by atoms with Crippen molar-refractivity contribution in [2.24, 2.45) is 0 Å². The van der Waals surface area contributed by atoms with Crippen molar-refractivity contribution in [1.29, 1.82) is 0 Å². The summed E-state index contributed by atoms with van der Waals surface area (Å²) in [4.78, 5) is 0. The molecule has 0 amide bonds. The van der Waals surface area contributed by atoms with Crippen LogP contribution < -0.4 is 50.8 Å². The minimum atomic E-state index is -1.17. The standard InChI is InChI=1S/C52H40O4P2/c1-3-15-39-33(9-1)21-23-41(57(43-17-5-11-35-25-29-53-49(35)43)44-18-6-12-36-26-30-54-50(36)44)47(39)48-40-16-4-2-10-34(40)22-24-42(48)58(45-19-7-13-37-27-31-55-51(37)45)46-20-8-14-38-28-32-56-52(38)46/h1-24H,25-32H2. The smallest absolute Gasteiger partial charge is 0.130 e. The Labute approximate surface area is 340 Å². The van der Waals surface area contributed by atoms with E-state index >= 15 is 0 Å². The van der Waals surface area contributed by atoms with Crippen molar-refractivity contribution >= 4 is 69.2 Å². The van der Waals surface area contributed by atoms with Crippen molar-refractivity contribution in [3.8, 4) is 34.1 Å². The van der Waals surface area contributed by atoms with Crippen LogP contribution >= 0.6 is 15.8 Å². The van der Waals surface area contributed by atoms with Gasteiger partial charge in [0, 0.05) is 46.9 Å². The van der Waals surface area contributed by atoms with E-state index in [1.807, 2.05) is 0 Å².